The molecule has 5 nitrogen and oxygen atoms in total. The van der Waals surface area contributed by atoms with Gasteiger partial charge in [0.15, 0.2) is 0 Å². The van der Waals surface area contributed by atoms with Crippen molar-refractivity contribution in [2.24, 2.45) is 5.73 Å². The largest absolute Gasteiger partial charge is 0.330 e. The van der Waals surface area contributed by atoms with Gasteiger partial charge in [-0.2, -0.15) is 0 Å². The minimum absolute atomic E-state index is 0.120. The fraction of sp³-hybridized carbons (Fsp3) is 0.375. The van der Waals surface area contributed by atoms with Crippen LogP contribution < -0.4 is 11.1 Å². The van der Waals surface area contributed by atoms with E-state index in [0.29, 0.717) is 30.4 Å². The van der Waals surface area contributed by atoms with Gasteiger partial charge in [0.05, 0.1) is 0 Å². The van der Waals surface area contributed by atoms with Crippen molar-refractivity contribution >= 4 is 23.3 Å². The van der Waals surface area contributed by atoms with E-state index in [9.17, 15) is 4.79 Å². The SMILES string of the molecule is NCCCC(=O)Nc1cc(Cl)ncn1. The quantitative estimate of drug-likeness (QED) is 0.727. The summed E-state index contributed by atoms with van der Waals surface area (Å²) in [4.78, 5) is 18.7. The Morgan fingerprint density at radius 1 is 1.57 bits per heavy atom. The summed E-state index contributed by atoms with van der Waals surface area (Å²) in [6.45, 7) is 0.498. The summed E-state index contributed by atoms with van der Waals surface area (Å²) in [5.41, 5.74) is 5.27. The highest BCUT2D eigenvalue weighted by Gasteiger charge is 2.02. The van der Waals surface area contributed by atoms with Crippen LogP contribution in [-0.2, 0) is 4.79 Å². The maximum atomic E-state index is 11.2. The number of aromatic nitrogens is 2. The number of amides is 1. The second-order valence-corrected chi connectivity index (χ2v) is 3.05. The molecule has 0 bridgehead atoms. The van der Waals surface area contributed by atoms with E-state index in [1.54, 1.807) is 0 Å². The van der Waals surface area contributed by atoms with Crippen LogP contribution in [0.2, 0.25) is 5.15 Å². The summed E-state index contributed by atoms with van der Waals surface area (Å²) in [5.74, 6) is 0.289. The van der Waals surface area contributed by atoms with Crippen molar-refractivity contribution in [1.82, 2.24) is 9.97 Å². The van der Waals surface area contributed by atoms with Crippen LogP contribution in [0.3, 0.4) is 0 Å². The molecule has 0 radical (unpaired) electrons. The molecule has 0 unspecified atom stereocenters. The number of nitrogens with zero attached hydrogens (tertiary/aromatic N) is 2. The molecule has 0 atom stereocenters. The van der Waals surface area contributed by atoms with Crippen LogP contribution in [0.15, 0.2) is 12.4 Å². The first kappa shape index (κ1) is 10.9. The normalized spacial score (nSPS) is 9.86. The maximum absolute atomic E-state index is 11.2. The molecule has 1 rings (SSSR count). The van der Waals surface area contributed by atoms with Crippen LogP contribution in [0, 0.1) is 0 Å². The molecule has 1 heterocycles. The summed E-state index contributed by atoms with van der Waals surface area (Å²) in [6.07, 6.45) is 2.34. The van der Waals surface area contributed by atoms with Gasteiger partial charge in [0.2, 0.25) is 5.91 Å². The number of rotatable bonds is 4. The summed E-state index contributed by atoms with van der Waals surface area (Å²) in [5, 5.41) is 2.89. The van der Waals surface area contributed by atoms with Gasteiger partial charge in [0.25, 0.3) is 0 Å². The molecule has 1 amide bonds. The first-order valence-corrected chi connectivity index (χ1v) is 4.57. The molecular weight excluding hydrogens is 204 g/mol. The summed E-state index contributed by atoms with van der Waals surface area (Å²) in [6, 6.07) is 1.49. The van der Waals surface area contributed by atoms with Crippen molar-refractivity contribution in [2.45, 2.75) is 12.8 Å². The maximum Gasteiger partial charge on any atom is 0.225 e. The molecular formula is C8H11ClN4O. The van der Waals surface area contributed by atoms with E-state index < -0.39 is 0 Å². The van der Waals surface area contributed by atoms with Gasteiger partial charge in [-0.25, -0.2) is 9.97 Å². The van der Waals surface area contributed by atoms with Crippen molar-refractivity contribution in [3.8, 4) is 0 Å². The number of nitrogens with two attached hydrogens (primary N) is 1. The van der Waals surface area contributed by atoms with E-state index in [-0.39, 0.29) is 5.91 Å². The lowest BCUT2D eigenvalue weighted by Crippen LogP contribution is -2.14. The number of halogens is 1. The van der Waals surface area contributed by atoms with Crippen molar-refractivity contribution in [3.63, 3.8) is 0 Å². The van der Waals surface area contributed by atoms with Gasteiger partial charge in [-0.05, 0) is 13.0 Å². The second kappa shape index (κ2) is 5.51. The minimum atomic E-state index is -0.120. The number of carbonyl (C=O) groups excluding carboxylic acids is 1. The molecule has 0 aromatic carbocycles. The molecule has 0 saturated carbocycles. The zero-order valence-corrected chi connectivity index (χ0v) is 8.29. The van der Waals surface area contributed by atoms with E-state index in [2.05, 4.69) is 15.3 Å². The van der Waals surface area contributed by atoms with E-state index in [1.165, 1.54) is 12.4 Å². The average Bonchev–Trinajstić information content (AvgIpc) is 2.15. The van der Waals surface area contributed by atoms with Crippen molar-refractivity contribution in [2.75, 3.05) is 11.9 Å². The molecule has 0 aliphatic rings. The lowest BCUT2D eigenvalue weighted by molar-refractivity contribution is -0.116. The topological polar surface area (TPSA) is 80.9 Å². The number of hydrogen-bond donors (Lipinski definition) is 2. The van der Waals surface area contributed by atoms with Crippen LogP contribution in [0.25, 0.3) is 0 Å². The summed E-state index contributed by atoms with van der Waals surface area (Å²) in [7, 11) is 0. The van der Waals surface area contributed by atoms with Gasteiger partial charge >= 0.3 is 0 Å². The Morgan fingerprint density at radius 3 is 3.00 bits per heavy atom. The van der Waals surface area contributed by atoms with Crippen LogP contribution in [0.1, 0.15) is 12.8 Å². The highest BCUT2D eigenvalue weighted by atomic mass is 35.5. The Hall–Kier alpha value is -1.20. The van der Waals surface area contributed by atoms with E-state index >= 15 is 0 Å². The first-order valence-electron chi connectivity index (χ1n) is 4.20. The monoisotopic (exact) mass is 214 g/mol. The third kappa shape index (κ3) is 3.68. The molecule has 0 saturated heterocycles. The lowest BCUT2D eigenvalue weighted by atomic mass is 10.3. The third-order valence-corrected chi connectivity index (χ3v) is 1.72. The number of anilines is 1. The molecule has 14 heavy (non-hydrogen) atoms. The van der Waals surface area contributed by atoms with Gasteiger partial charge in [0.1, 0.15) is 17.3 Å². The van der Waals surface area contributed by atoms with Crippen LogP contribution >= 0.6 is 11.6 Å². The van der Waals surface area contributed by atoms with Crippen LogP contribution in [-0.4, -0.2) is 22.4 Å². The predicted molar refractivity (Wildman–Crippen MR) is 54.0 cm³/mol. The van der Waals surface area contributed by atoms with Gasteiger partial charge in [-0.3, -0.25) is 4.79 Å². The van der Waals surface area contributed by atoms with E-state index in [0.717, 1.165) is 0 Å². The molecule has 3 N–H and O–H groups in total. The van der Waals surface area contributed by atoms with Gasteiger partial charge in [-0.1, -0.05) is 11.6 Å². The van der Waals surface area contributed by atoms with E-state index in [4.69, 9.17) is 17.3 Å². The van der Waals surface area contributed by atoms with Crippen molar-refractivity contribution < 1.29 is 4.79 Å². The Balaban J connectivity index is 2.47. The fourth-order valence-electron chi connectivity index (χ4n) is 0.870. The highest BCUT2D eigenvalue weighted by molar-refractivity contribution is 6.29. The highest BCUT2D eigenvalue weighted by Crippen LogP contribution is 2.08. The van der Waals surface area contributed by atoms with Gasteiger partial charge < -0.3 is 11.1 Å². The first-order chi connectivity index (χ1) is 6.72. The molecule has 0 fully saturated rings. The number of nitrogens with one attached hydrogen (secondary N) is 1. The Kier molecular flexibility index (Phi) is 4.28. The molecule has 0 aliphatic heterocycles. The predicted octanol–water partition coefficient (Wildman–Crippen LogP) is 0.807. The smallest absolute Gasteiger partial charge is 0.225 e. The molecule has 1 aromatic rings. The molecule has 1 aromatic heterocycles. The zero-order valence-electron chi connectivity index (χ0n) is 7.53. The molecule has 6 heteroatoms. The molecule has 0 spiro atoms. The Morgan fingerprint density at radius 2 is 2.36 bits per heavy atom. The second-order valence-electron chi connectivity index (χ2n) is 2.67. The minimum Gasteiger partial charge on any atom is -0.330 e. The van der Waals surface area contributed by atoms with Crippen LogP contribution in [0.5, 0.6) is 0 Å². The average molecular weight is 215 g/mol. The third-order valence-electron chi connectivity index (χ3n) is 1.51. The number of carbonyl (C=O) groups is 1. The van der Waals surface area contributed by atoms with Crippen molar-refractivity contribution in [1.29, 1.82) is 0 Å². The lowest BCUT2D eigenvalue weighted by Gasteiger charge is -2.02. The Labute approximate surface area is 86.7 Å². The van der Waals surface area contributed by atoms with Gasteiger partial charge in [0, 0.05) is 12.5 Å². The zero-order chi connectivity index (χ0) is 10.4. The summed E-state index contributed by atoms with van der Waals surface area (Å²) < 4.78 is 0. The molecule has 76 valence electrons. The van der Waals surface area contributed by atoms with Crippen LogP contribution in [0.4, 0.5) is 5.82 Å². The summed E-state index contributed by atoms with van der Waals surface area (Å²) >= 11 is 5.61. The van der Waals surface area contributed by atoms with E-state index in [1.807, 2.05) is 0 Å². The fourth-order valence-corrected chi connectivity index (χ4v) is 1.02. The van der Waals surface area contributed by atoms with Crippen molar-refractivity contribution in [3.05, 3.63) is 17.5 Å². The van der Waals surface area contributed by atoms with Gasteiger partial charge in [-0.15, -0.1) is 0 Å². The number of hydrogen-bond acceptors (Lipinski definition) is 4. The standard InChI is InChI=1S/C8H11ClN4O/c9-6-4-7(12-5-11-6)13-8(14)2-1-3-10/h4-5H,1-3,10H2,(H,11,12,13,14). The molecule has 0 aliphatic carbocycles. The Bertz CT molecular complexity index is 318.